The maximum absolute atomic E-state index is 11.3. The summed E-state index contributed by atoms with van der Waals surface area (Å²) in [6.07, 6.45) is 1.51. The molecule has 1 fully saturated rings. The Kier molecular flexibility index (Phi) is 2.00. The van der Waals surface area contributed by atoms with Crippen molar-refractivity contribution in [2.24, 2.45) is 11.5 Å². The number of carbonyl (C=O) groups is 2. The summed E-state index contributed by atoms with van der Waals surface area (Å²) in [5.41, 5.74) is 11.2. The first-order valence-corrected chi connectivity index (χ1v) is 4.76. The van der Waals surface area contributed by atoms with Crippen LogP contribution in [0.2, 0.25) is 0 Å². The highest BCUT2D eigenvalue weighted by Gasteiger charge is 2.50. The lowest BCUT2D eigenvalue weighted by atomic mass is 9.94. The first-order valence-electron chi connectivity index (χ1n) is 4.76. The zero-order chi connectivity index (χ0) is 11.1. The molecule has 2 rings (SSSR count). The molecule has 0 saturated heterocycles. The summed E-state index contributed by atoms with van der Waals surface area (Å²) in [4.78, 5) is 22.2. The van der Waals surface area contributed by atoms with Gasteiger partial charge in [0, 0.05) is 5.56 Å². The topological polar surface area (TPSA) is 86.2 Å². The zero-order valence-corrected chi connectivity index (χ0v) is 8.19. The number of carbonyl (C=O) groups excluding carboxylic acids is 2. The summed E-state index contributed by atoms with van der Waals surface area (Å²) in [5, 5.41) is 0. The lowest BCUT2D eigenvalue weighted by Gasteiger charge is -2.11. The average molecular weight is 204 g/mol. The van der Waals surface area contributed by atoms with Crippen molar-refractivity contribution in [1.29, 1.82) is 0 Å². The van der Waals surface area contributed by atoms with Crippen molar-refractivity contribution in [1.82, 2.24) is 0 Å². The summed E-state index contributed by atoms with van der Waals surface area (Å²) < 4.78 is 0. The van der Waals surface area contributed by atoms with Crippen molar-refractivity contribution in [3.8, 4) is 0 Å². The Labute approximate surface area is 87.3 Å². The van der Waals surface area contributed by atoms with Gasteiger partial charge in [-0.1, -0.05) is 12.1 Å². The summed E-state index contributed by atoms with van der Waals surface area (Å²) in [5.74, 6) is -0.818. The molecule has 0 aliphatic heterocycles. The highest BCUT2D eigenvalue weighted by atomic mass is 16.1. The van der Waals surface area contributed by atoms with Gasteiger partial charge in [0.2, 0.25) is 11.8 Å². The first kappa shape index (κ1) is 9.71. The van der Waals surface area contributed by atoms with E-state index < -0.39 is 11.3 Å². The molecule has 1 aromatic carbocycles. The quantitative estimate of drug-likeness (QED) is 0.742. The predicted molar refractivity (Wildman–Crippen MR) is 55.1 cm³/mol. The van der Waals surface area contributed by atoms with Gasteiger partial charge in [0.05, 0.1) is 5.41 Å². The Hall–Kier alpha value is -1.84. The molecule has 0 aromatic heterocycles. The Morgan fingerprint density at radius 3 is 2.33 bits per heavy atom. The predicted octanol–water partition coefficient (Wildman–Crippen LogP) is 0.302. The van der Waals surface area contributed by atoms with E-state index >= 15 is 0 Å². The van der Waals surface area contributed by atoms with Gasteiger partial charge in [-0.15, -0.1) is 0 Å². The molecule has 0 atom stereocenters. The van der Waals surface area contributed by atoms with E-state index in [1.54, 1.807) is 18.2 Å². The van der Waals surface area contributed by atoms with Gasteiger partial charge >= 0.3 is 0 Å². The van der Waals surface area contributed by atoms with E-state index in [0.717, 1.165) is 18.4 Å². The summed E-state index contributed by atoms with van der Waals surface area (Å²) in [6.45, 7) is 0. The van der Waals surface area contributed by atoms with Crippen molar-refractivity contribution < 1.29 is 9.59 Å². The summed E-state index contributed by atoms with van der Waals surface area (Å²) in [6, 6.07) is 6.81. The van der Waals surface area contributed by atoms with Gasteiger partial charge in [-0.3, -0.25) is 9.59 Å². The van der Waals surface area contributed by atoms with E-state index in [0.29, 0.717) is 5.56 Å². The molecular formula is C11H12N2O2. The van der Waals surface area contributed by atoms with Gasteiger partial charge in [0.25, 0.3) is 0 Å². The molecule has 4 heteroatoms. The van der Waals surface area contributed by atoms with Crippen LogP contribution in [0.25, 0.3) is 0 Å². The maximum Gasteiger partial charge on any atom is 0.248 e. The molecule has 2 amide bonds. The second-order valence-corrected chi connectivity index (χ2v) is 3.89. The molecule has 0 unspecified atom stereocenters. The number of benzene rings is 1. The van der Waals surface area contributed by atoms with Crippen molar-refractivity contribution in [2.75, 3.05) is 0 Å². The van der Waals surface area contributed by atoms with Crippen LogP contribution in [0.1, 0.15) is 28.8 Å². The molecule has 0 bridgehead atoms. The van der Waals surface area contributed by atoms with Crippen molar-refractivity contribution >= 4 is 11.8 Å². The Morgan fingerprint density at radius 1 is 1.20 bits per heavy atom. The maximum atomic E-state index is 11.3. The monoisotopic (exact) mass is 204 g/mol. The molecule has 1 aliphatic carbocycles. The normalized spacial score (nSPS) is 17.1. The van der Waals surface area contributed by atoms with E-state index in [4.69, 9.17) is 11.5 Å². The Bertz CT molecular complexity index is 436. The number of hydrogen-bond donors (Lipinski definition) is 2. The first-order chi connectivity index (χ1) is 7.06. The largest absolute Gasteiger partial charge is 0.369 e. The van der Waals surface area contributed by atoms with Gasteiger partial charge in [-0.2, -0.15) is 0 Å². The molecule has 78 valence electrons. The van der Waals surface area contributed by atoms with Crippen LogP contribution in [-0.2, 0) is 10.2 Å². The highest BCUT2D eigenvalue weighted by molar-refractivity contribution is 5.94. The SMILES string of the molecule is NC(=O)c1cccc(C2(C(N)=O)CC2)c1. The lowest BCUT2D eigenvalue weighted by Crippen LogP contribution is -2.28. The minimum atomic E-state index is -0.550. The van der Waals surface area contributed by atoms with Crippen LogP contribution < -0.4 is 11.5 Å². The van der Waals surface area contributed by atoms with Crippen LogP contribution in [0.15, 0.2) is 24.3 Å². The van der Waals surface area contributed by atoms with Gasteiger partial charge in [0.1, 0.15) is 0 Å². The van der Waals surface area contributed by atoms with Crippen LogP contribution in [0.4, 0.5) is 0 Å². The molecule has 15 heavy (non-hydrogen) atoms. The Balaban J connectivity index is 2.42. The fourth-order valence-electron chi connectivity index (χ4n) is 1.77. The Morgan fingerprint density at radius 2 is 1.87 bits per heavy atom. The van der Waals surface area contributed by atoms with E-state index in [1.165, 1.54) is 0 Å². The van der Waals surface area contributed by atoms with Crippen LogP contribution in [0.3, 0.4) is 0 Å². The van der Waals surface area contributed by atoms with Crippen molar-refractivity contribution in [3.63, 3.8) is 0 Å². The van der Waals surface area contributed by atoms with Crippen LogP contribution in [-0.4, -0.2) is 11.8 Å². The average Bonchev–Trinajstić information content (AvgIpc) is 2.98. The van der Waals surface area contributed by atoms with Crippen LogP contribution in [0, 0.1) is 0 Å². The summed E-state index contributed by atoms with van der Waals surface area (Å²) in [7, 11) is 0. The third kappa shape index (κ3) is 1.48. The molecule has 1 aromatic rings. The van der Waals surface area contributed by atoms with Gasteiger partial charge in [0.15, 0.2) is 0 Å². The number of amides is 2. The molecule has 0 radical (unpaired) electrons. The number of primary amides is 2. The number of rotatable bonds is 3. The summed E-state index contributed by atoms with van der Waals surface area (Å²) >= 11 is 0. The van der Waals surface area contributed by atoms with Gasteiger partial charge < -0.3 is 11.5 Å². The van der Waals surface area contributed by atoms with Gasteiger partial charge in [-0.25, -0.2) is 0 Å². The van der Waals surface area contributed by atoms with Crippen molar-refractivity contribution in [2.45, 2.75) is 18.3 Å². The lowest BCUT2D eigenvalue weighted by molar-refractivity contribution is -0.120. The van der Waals surface area contributed by atoms with Crippen LogP contribution >= 0.6 is 0 Å². The van der Waals surface area contributed by atoms with Crippen LogP contribution in [0.5, 0.6) is 0 Å². The minimum Gasteiger partial charge on any atom is -0.369 e. The molecule has 4 nitrogen and oxygen atoms in total. The second kappa shape index (κ2) is 3.08. The van der Waals surface area contributed by atoms with E-state index in [-0.39, 0.29) is 5.91 Å². The third-order valence-electron chi connectivity index (χ3n) is 2.92. The second-order valence-electron chi connectivity index (χ2n) is 3.89. The standard InChI is InChI=1S/C11H12N2O2/c12-9(14)7-2-1-3-8(6-7)11(4-5-11)10(13)15/h1-3,6H,4-5H2,(H2,12,14)(H2,13,15). The minimum absolute atomic E-state index is 0.330. The fraction of sp³-hybridized carbons (Fsp3) is 0.273. The van der Waals surface area contributed by atoms with E-state index in [1.807, 2.05) is 6.07 Å². The number of hydrogen-bond acceptors (Lipinski definition) is 2. The smallest absolute Gasteiger partial charge is 0.248 e. The van der Waals surface area contributed by atoms with E-state index in [9.17, 15) is 9.59 Å². The molecule has 1 saturated carbocycles. The molecular weight excluding hydrogens is 192 g/mol. The molecule has 0 spiro atoms. The molecule has 0 heterocycles. The highest BCUT2D eigenvalue weighted by Crippen LogP contribution is 2.47. The fourth-order valence-corrected chi connectivity index (χ4v) is 1.77. The molecule has 1 aliphatic rings. The zero-order valence-electron chi connectivity index (χ0n) is 8.19. The van der Waals surface area contributed by atoms with Gasteiger partial charge in [-0.05, 0) is 30.5 Å². The number of nitrogens with two attached hydrogens (primary N) is 2. The van der Waals surface area contributed by atoms with Crippen molar-refractivity contribution in [3.05, 3.63) is 35.4 Å². The third-order valence-corrected chi connectivity index (χ3v) is 2.92. The molecule has 4 N–H and O–H groups in total. The van der Waals surface area contributed by atoms with E-state index in [2.05, 4.69) is 0 Å².